The Balaban J connectivity index is 1.83. The minimum absolute atomic E-state index is 0.0663. The summed E-state index contributed by atoms with van der Waals surface area (Å²) in [4.78, 5) is 48.9. The summed E-state index contributed by atoms with van der Waals surface area (Å²) in [6, 6.07) is 7.48. The Labute approximate surface area is 193 Å². The third-order valence-corrected chi connectivity index (χ3v) is 4.47. The van der Waals surface area contributed by atoms with E-state index >= 15 is 0 Å². The number of halogens is 2. The number of hydrogen-bond acceptors (Lipinski definition) is 6. The van der Waals surface area contributed by atoms with Gasteiger partial charge in [-0.25, -0.2) is 5.43 Å². The zero-order valence-corrected chi connectivity index (χ0v) is 18.8. The highest BCUT2D eigenvalue weighted by Gasteiger charge is 2.18. The molecule has 2 rings (SSSR count). The highest BCUT2D eigenvalue weighted by molar-refractivity contribution is 6.40. The van der Waals surface area contributed by atoms with E-state index in [2.05, 4.69) is 21.2 Å². The van der Waals surface area contributed by atoms with Crippen LogP contribution in [-0.2, 0) is 25.7 Å². The van der Waals surface area contributed by atoms with Crippen LogP contribution in [0.15, 0.2) is 39.9 Å². The van der Waals surface area contributed by atoms with Gasteiger partial charge in [-0.3, -0.25) is 19.2 Å². The lowest BCUT2D eigenvalue weighted by molar-refractivity contribution is -0.145. The van der Waals surface area contributed by atoms with Gasteiger partial charge in [-0.05, 0) is 44.2 Å². The predicted octanol–water partition coefficient (Wildman–Crippen LogP) is 2.16. The van der Waals surface area contributed by atoms with Crippen molar-refractivity contribution in [2.75, 3.05) is 18.4 Å². The average Bonchev–Trinajstić information content (AvgIpc) is 3.19. The van der Waals surface area contributed by atoms with Crippen LogP contribution in [0.2, 0.25) is 10.0 Å². The van der Waals surface area contributed by atoms with E-state index in [0.717, 1.165) is 0 Å². The van der Waals surface area contributed by atoms with E-state index < -0.39 is 23.6 Å². The van der Waals surface area contributed by atoms with E-state index in [1.54, 1.807) is 19.9 Å². The van der Waals surface area contributed by atoms with Crippen molar-refractivity contribution in [1.29, 1.82) is 0 Å². The van der Waals surface area contributed by atoms with Crippen LogP contribution in [0.3, 0.4) is 0 Å². The highest BCUT2D eigenvalue weighted by Crippen LogP contribution is 2.22. The van der Waals surface area contributed by atoms with Gasteiger partial charge in [-0.2, -0.15) is 5.10 Å². The molecule has 0 aliphatic heterocycles. The number of benzene rings is 1. The first-order chi connectivity index (χ1) is 15.2. The molecule has 32 heavy (non-hydrogen) atoms. The lowest BCUT2D eigenvalue weighted by Crippen LogP contribution is -2.41. The first-order valence-corrected chi connectivity index (χ1v) is 10.2. The lowest BCUT2D eigenvalue weighted by Gasteiger charge is -2.16. The normalized spacial score (nSPS) is 10.6. The van der Waals surface area contributed by atoms with Gasteiger partial charge >= 0.3 is 23.6 Å². The smallest absolute Gasteiger partial charge is 0.329 e. The Kier molecular flexibility index (Phi) is 9.23. The van der Waals surface area contributed by atoms with Crippen molar-refractivity contribution in [3.8, 4) is 0 Å². The molecule has 12 heteroatoms. The number of rotatable bonds is 7. The van der Waals surface area contributed by atoms with Crippen LogP contribution in [0.5, 0.6) is 0 Å². The molecule has 1 aromatic carbocycles. The molecular weight excluding hydrogens is 461 g/mol. The van der Waals surface area contributed by atoms with Gasteiger partial charge in [0.15, 0.2) is 0 Å². The van der Waals surface area contributed by atoms with Crippen LogP contribution in [0.4, 0.5) is 5.69 Å². The topological polar surface area (TPSA) is 133 Å². The fourth-order valence-corrected chi connectivity index (χ4v) is 3.00. The maximum absolute atomic E-state index is 12.0. The summed E-state index contributed by atoms with van der Waals surface area (Å²) >= 11 is 11.7. The van der Waals surface area contributed by atoms with Gasteiger partial charge in [0.25, 0.3) is 0 Å². The first-order valence-electron chi connectivity index (χ1n) is 9.49. The van der Waals surface area contributed by atoms with Gasteiger partial charge in [-0.1, -0.05) is 23.2 Å². The average molecular weight is 482 g/mol. The fraction of sp³-hybridized carbons (Fsp3) is 0.250. The molecule has 0 bridgehead atoms. The third-order valence-electron chi connectivity index (χ3n) is 4.04. The Hall–Kier alpha value is -3.37. The molecule has 0 fully saturated rings. The molecule has 0 unspecified atom stereocenters. The largest absolute Gasteiger partial charge is 0.458 e. The zero-order valence-electron chi connectivity index (χ0n) is 17.3. The van der Waals surface area contributed by atoms with Crippen LogP contribution >= 0.6 is 23.2 Å². The lowest BCUT2D eigenvalue weighted by atomic mass is 10.3. The van der Waals surface area contributed by atoms with Crippen molar-refractivity contribution >= 4 is 58.7 Å². The van der Waals surface area contributed by atoms with Crippen molar-refractivity contribution in [2.24, 2.45) is 5.10 Å². The summed E-state index contributed by atoms with van der Waals surface area (Å²) in [6.45, 7) is 4.27. The van der Waals surface area contributed by atoms with Crippen LogP contribution in [-0.4, -0.2) is 47.8 Å². The van der Waals surface area contributed by atoms with Gasteiger partial charge in [-0.15, -0.1) is 0 Å². The molecule has 3 N–H and O–H groups in total. The minimum Gasteiger partial charge on any atom is -0.458 e. The summed E-state index contributed by atoms with van der Waals surface area (Å²) in [6.07, 6.45) is 1.20. The van der Waals surface area contributed by atoms with E-state index in [9.17, 15) is 19.2 Å². The molecule has 0 saturated carbocycles. The zero-order chi connectivity index (χ0) is 23.7. The molecule has 0 atom stereocenters. The molecular formula is C20H21Cl2N5O5. The predicted molar refractivity (Wildman–Crippen MR) is 119 cm³/mol. The van der Waals surface area contributed by atoms with Gasteiger partial charge in [0.05, 0.1) is 12.8 Å². The van der Waals surface area contributed by atoms with Gasteiger partial charge in [0.1, 0.15) is 11.5 Å². The van der Waals surface area contributed by atoms with Gasteiger partial charge in [0, 0.05) is 28.8 Å². The molecule has 170 valence electrons. The Morgan fingerprint density at radius 1 is 1.00 bits per heavy atom. The van der Waals surface area contributed by atoms with Crippen molar-refractivity contribution in [3.05, 3.63) is 51.9 Å². The summed E-state index contributed by atoms with van der Waals surface area (Å²) in [5.74, 6) is -2.75. The quantitative estimate of drug-likeness (QED) is 0.316. The number of hydrogen-bond donors (Lipinski definition) is 3. The molecule has 4 amide bonds. The summed E-state index contributed by atoms with van der Waals surface area (Å²) in [7, 11) is 0. The molecule has 2 aromatic rings. The van der Waals surface area contributed by atoms with Gasteiger partial charge < -0.3 is 20.0 Å². The molecule has 0 saturated heterocycles. The molecule has 10 nitrogen and oxygen atoms in total. The van der Waals surface area contributed by atoms with E-state index in [4.69, 9.17) is 27.6 Å². The van der Waals surface area contributed by atoms with E-state index in [-0.39, 0.29) is 18.0 Å². The van der Waals surface area contributed by atoms with Crippen molar-refractivity contribution in [3.63, 3.8) is 0 Å². The second kappa shape index (κ2) is 11.9. The monoisotopic (exact) mass is 481 g/mol. The SMILES string of the molecule is CCN(CC)C(=O)C(=O)N/N=C/c1ccc(CNC(=O)C(=O)Nc2cc(Cl)cc(Cl)c2)o1. The van der Waals surface area contributed by atoms with Crippen LogP contribution < -0.4 is 16.1 Å². The number of furan rings is 1. The Bertz CT molecular complexity index is 1010. The molecule has 0 radical (unpaired) electrons. The second-order valence-corrected chi connectivity index (χ2v) is 7.15. The number of carbonyl (C=O) groups is 4. The first kappa shape index (κ1) is 24.9. The third kappa shape index (κ3) is 7.40. The van der Waals surface area contributed by atoms with Gasteiger partial charge in [0.2, 0.25) is 0 Å². The standard InChI is InChI=1S/C20H21Cl2N5O5/c1-3-27(4-2)20(31)19(30)26-24-11-16-6-5-15(32-16)10-23-17(28)18(29)25-14-8-12(21)7-13(22)9-14/h5-9,11H,3-4,10H2,1-2H3,(H,23,28)(H,25,29)(H,26,30)/b24-11+. The van der Waals surface area contributed by atoms with E-state index in [1.165, 1.54) is 35.4 Å². The molecule has 0 spiro atoms. The minimum atomic E-state index is -0.905. The van der Waals surface area contributed by atoms with Crippen LogP contribution in [0.25, 0.3) is 0 Å². The molecule has 0 aliphatic carbocycles. The fourth-order valence-electron chi connectivity index (χ4n) is 2.48. The summed E-state index contributed by atoms with van der Waals surface area (Å²) in [5, 5.41) is 9.08. The Morgan fingerprint density at radius 2 is 1.66 bits per heavy atom. The van der Waals surface area contributed by atoms with E-state index in [0.29, 0.717) is 28.9 Å². The second-order valence-electron chi connectivity index (χ2n) is 6.28. The highest BCUT2D eigenvalue weighted by atomic mass is 35.5. The number of anilines is 1. The molecule has 1 aromatic heterocycles. The number of amides is 4. The summed E-state index contributed by atoms with van der Waals surface area (Å²) in [5.41, 5.74) is 2.40. The van der Waals surface area contributed by atoms with E-state index in [1.807, 2.05) is 0 Å². The number of nitrogens with zero attached hydrogens (tertiary/aromatic N) is 2. The summed E-state index contributed by atoms with van der Waals surface area (Å²) < 4.78 is 5.42. The number of hydrazone groups is 1. The maximum Gasteiger partial charge on any atom is 0.329 e. The van der Waals surface area contributed by atoms with Crippen molar-refractivity contribution < 1.29 is 23.6 Å². The number of nitrogens with one attached hydrogen (secondary N) is 3. The molecule has 1 heterocycles. The van der Waals surface area contributed by atoms with Crippen LogP contribution in [0.1, 0.15) is 25.4 Å². The number of likely N-dealkylation sites (N-methyl/N-ethyl adjacent to an activating group) is 1. The Morgan fingerprint density at radius 3 is 2.28 bits per heavy atom. The molecule has 0 aliphatic rings. The van der Waals surface area contributed by atoms with Crippen molar-refractivity contribution in [2.45, 2.75) is 20.4 Å². The van der Waals surface area contributed by atoms with Crippen molar-refractivity contribution in [1.82, 2.24) is 15.6 Å². The number of carbonyl (C=O) groups excluding carboxylic acids is 4. The maximum atomic E-state index is 12.0. The van der Waals surface area contributed by atoms with Crippen LogP contribution in [0, 0.1) is 0 Å².